The van der Waals surface area contributed by atoms with Crippen LogP contribution in [0.25, 0.3) is 0 Å². The van der Waals surface area contributed by atoms with E-state index in [-0.39, 0.29) is 6.54 Å². The third kappa shape index (κ3) is 4.95. The third-order valence-corrected chi connectivity index (χ3v) is 3.88. The zero-order valence-electron chi connectivity index (χ0n) is 13.9. The molecule has 0 saturated heterocycles. The Labute approximate surface area is 151 Å². The number of methoxy groups -OCH3 is 2. The van der Waals surface area contributed by atoms with Crippen LogP contribution in [0.4, 0.5) is 5.69 Å². The predicted molar refractivity (Wildman–Crippen MR) is 95.8 cm³/mol. The third-order valence-electron chi connectivity index (χ3n) is 3.55. The highest BCUT2D eigenvalue weighted by Crippen LogP contribution is 2.26. The molecule has 0 radical (unpaired) electrons. The van der Waals surface area contributed by atoms with E-state index in [0.29, 0.717) is 16.5 Å². The molecule has 1 atom stereocenters. The Bertz CT molecular complexity index is 751. The number of anilines is 1. The number of benzene rings is 2. The van der Waals surface area contributed by atoms with Crippen LogP contribution in [0.5, 0.6) is 5.75 Å². The van der Waals surface area contributed by atoms with Gasteiger partial charge >= 0.3 is 11.8 Å². The lowest BCUT2D eigenvalue weighted by Gasteiger charge is -2.19. The molecule has 0 heterocycles. The van der Waals surface area contributed by atoms with Crippen molar-refractivity contribution in [1.29, 1.82) is 0 Å². The van der Waals surface area contributed by atoms with Gasteiger partial charge in [0, 0.05) is 19.2 Å². The molecule has 2 aromatic carbocycles. The van der Waals surface area contributed by atoms with E-state index in [1.165, 1.54) is 7.11 Å². The quantitative estimate of drug-likeness (QED) is 0.775. The Morgan fingerprint density at radius 1 is 1.04 bits per heavy atom. The lowest BCUT2D eigenvalue weighted by atomic mass is 10.1. The Morgan fingerprint density at radius 2 is 1.72 bits per heavy atom. The SMILES string of the molecule is COc1ccccc1C(CNC(=O)C(=O)Nc1ccccc1Cl)OC. The van der Waals surface area contributed by atoms with Gasteiger partial charge < -0.3 is 20.1 Å². The van der Waals surface area contributed by atoms with E-state index >= 15 is 0 Å². The topological polar surface area (TPSA) is 76.7 Å². The maximum Gasteiger partial charge on any atom is 0.313 e. The molecule has 6 nitrogen and oxygen atoms in total. The summed E-state index contributed by atoms with van der Waals surface area (Å²) in [6, 6.07) is 14.0. The summed E-state index contributed by atoms with van der Waals surface area (Å²) in [7, 11) is 3.08. The Kier molecular flexibility index (Phi) is 6.80. The molecule has 0 aliphatic heterocycles. The van der Waals surface area contributed by atoms with E-state index in [9.17, 15) is 9.59 Å². The first-order chi connectivity index (χ1) is 12.1. The van der Waals surface area contributed by atoms with E-state index in [2.05, 4.69) is 10.6 Å². The number of para-hydroxylation sites is 2. The van der Waals surface area contributed by atoms with Crippen molar-refractivity contribution < 1.29 is 19.1 Å². The number of nitrogens with one attached hydrogen (secondary N) is 2. The second kappa shape index (κ2) is 9.05. The van der Waals surface area contributed by atoms with Crippen molar-refractivity contribution in [2.24, 2.45) is 0 Å². The fourth-order valence-corrected chi connectivity index (χ4v) is 2.44. The van der Waals surface area contributed by atoms with Crippen molar-refractivity contribution in [3.63, 3.8) is 0 Å². The summed E-state index contributed by atoms with van der Waals surface area (Å²) in [6.45, 7) is 0.117. The lowest BCUT2D eigenvalue weighted by Crippen LogP contribution is -2.38. The Morgan fingerprint density at radius 3 is 2.40 bits per heavy atom. The molecule has 2 rings (SSSR count). The molecule has 0 fully saturated rings. The first kappa shape index (κ1) is 18.8. The van der Waals surface area contributed by atoms with Crippen LogP contribution in [0.3, 0.4) is 0 Å². The number of carbonyl (C=O) groups is 2. The first-order valence-corrected chi connectivity index (χ1v) is 7.94. The van der Waals surface area contributed by atoms with Gasteiger partial charge in [0.1, 0.15) is 11.9 Å². The maximum atomic E-state index is 12.0. The van der Waals surface area contributed by atoms with E-state index in [1.807, 2.05) is 18.2 Å². The van der Waals surface area contributed by atoms with Gasteiger partial charge in [-0.2, -0.15) is 0 Å². The van der Waals surface area contributed by atoms with E-state index in [4.69, 9.17) is 21.1 Å². The fourth-order valence-electron chi connectivity index (χ4n) is 2.26. The molecule has 2 N–H and O–H groups in total. The van der Waals surface area contributed by atoms with Gasteiger partial charge in [-0.15, -0.1) is 0 Å². The Balaban J connectivity index is 1.98. The summed E-state index contributed by atoms with van der Waals surface area (Å²) in [5.41, 5.74) is 1.15. The van der Waals surface area contributed by atoms with Gasteiger partial charge in [0.15, 0.2) is 0 Å². The molecule has 2 aromatic rings. The van der Waals surface area contributed by atoms with Gasteiger partial charge in [0.25, 0.3) is 0 Å². The molecule has 0 aromatic heterocycles. The maximum absolute atomic E-state index is 12.0. The number of halogens is 1. The molecule has 0 spiro atoms. The highest BCUT2D eigenvalue weighted by molar-refractivity contribution is 6.41. The van der Waals surface area contributed by atoms with E-state index < -0.39 is 17.9 Å². The molecular formula is C18H19ClN2O4. The van der Waals surface area contributed by atoms with Crippen LogP contribution >= 0.6 is 11.6 Å². The number of hydrogen-bond donors (Lipinski definition) is 2. The highest BCUT2D eigenvalue weighted by atomic mass is 35.5. The smallest absolute Gasteiger partial charge is 0.313 e. The molecule has 1 unspecified atom stereocenters. The predicted octanol–water partition coefficient (Wildman–Crippen LogP) is 2.79. The van der Waals surface area contributed by atoms with Crippen molar-refractivity contribution in [2.75, 3.05) is 26.1 Å². The minimum atomic E-state index is -0.803. The van der Waals surface area contributed by atoms with E-state index in [1.54, 1.807) is 37.4 Å². The summed E-state index contributed by atoms with van der Waals surface area (Å²) < 4.78 is 10.7. The zero-order chi connectivity index (χ0) is 18.2. The largest absolute Gasteiger partial charge is 0.496 e. The second-order valence-corrected chi connectivity index (χ2v) is 5.52. The fraction of sp³-hybridized carbons (Fsp3) is 0.222. The highest BCUT2D eigenvalue weighted by Gasteiger charge is 2.19. The summed E-state index contributed by atoms with van der Waals surface area (Å²) in [5.74, 6) is -0.941. The van der Waals surface area contributed by atoms with Crippen LogP contribution in [0, 0.1) is 0 Å². The number of ether oxygens (including phenoxy) is 2. The molecule has 132 valence electrons. The number of rotatable bonds is 6. The molecule has 25 heavy (non-hydrogen) atoms. The van der Waals surface area contributed by atoms with Crippen LogP contribution in [0.1, 0.15) is 11.7 Å². The molecule has 0 saturated carbocycles. The van der Waals surface area contributed by atoms with Crippen molar-refractivity contribution >= 4 is 29.1 Å². The summed E-state index contributed by atoms with van der Waals surface area (Å²) in [4.78, 5) is 24.0. The monoisotopic (exact) mass is 362 g/mol. The molecule has 0 aliphatic rings. The minimum Gasteiger partial charge on any atom is -0.496 e. The summed E-state index contributed by atoms with van der Waals surface area (Å²) in [5, 5.41) is 5.37. The van der Waals surface area contributed by atoms with Gasteiger partial charge in [-0.3, -0.25) is 9.59 Å². The summed E-state index contributed by atoms with van der Waals surface area (Å²) in [6.07, 6.45) is -0.451. The average Bonchev–Trinajstić information content (AvgIpc) is 2.64. The van der Waals surface area contributed by atoms with Gasteiger partial charge in [0.2, 0.25) is 0 Å². The number of carbonyl (C=O) groups excluding carboxylic acids is 2. The molecule has 7 heteroatoms. The van der Waals surface area contributed by atoms with Crippen molar-refractivity contribution in [1.82, 2.24) is 5.32 Å². The van der Waals surface area contributed by atoms with Crippen molar-refractivity contribution in [3.05, 3.63) is 59.1 Å². The first-order valence-electron chi connectivity index (χ1n) is 7.56. The van der Waals surface area contributed by atoms with E-state index in [0.717, 1.165) is 5.56 Å². The standard InChI is InChI=1S/C18H19ClN2O4/c1-24-15-10-6-3-7-12(15)16(25-2)11-20-17(22)18(23)21-14-9-5-4-8-13(14)19/h3-10,16H,11H2,1-2H3,(H,20,22)(H,21,23). The van der Waals surface area contributed by atoms with Gasteiger partial charge in [-0.1, -0.05) is 41.9 Å². The number of hydrogen-bond acceptors (Lipinski definition) is 4. The lowest BCUT2D eigenvalue weighted by molar-refractivity contribution is -0.136. The molecule has 2 amide bonds. The van der Waals surface area contributed by atoms with Gasteiger partial charge in [-0.05, 0) is 18.2 Å². The number of amides is 2. The van der Waals surface area contributed by atoms with Gasteiger partial charge in [0.05, 0.1) is 17.8 Å². The van der Waals surface area contributed by atoms with Crippen LogP contribution in [0.15, 0.2) is 48.5 Å². The van der Waals surface area contributed by atoms with Crippen LogP contribution in [-0.2, 0) is 14.3 Å². The van der Waals surface area contributed by atoms with Crippen LogP contribution in [-0.4, -0.2) is 32.6 Å². The van der Waals surface area contributed by atoms with Crippen molar-refractivity contribution in [2.45, 2.75) is 6.10 Å². The van der Waals surface area contributed by atoms with Gasteiger partial charge in [-0.25, -0.2) is 0 Å². The second-order valence-electron chi connectivity index (χ2n) is 5.11. The van der Waals surface area contributed by atoms with Crippen LogP contribution in [0.2, 0.25) is 5.02 Å². The molecular weight excluding hydrogens is 344 g/mol. The molecule has 0 bridgehead atoms. The van der Waals surface area contributed by atoms with Crippen molar-refractivity contribution in [3.8, 4) is 5.75 Å². The minimum absolute atomic E-state index is 0.117. The Hall–Kier alpha value is -2.57. The van der Waals surface area contributed by atoms with Crippen LogP contribution < -0.4 is 15.4 Å². The average molecular weight is 363 g/mol. The molecule has 0 aliphatic carbocycles. The summed E-state index contributed by atoms with van der Waals surface area (Å²) >= 11 is 5.96. The zero-order valence-corrected chi connectivity index (χ0v) is 14.7. The normalized spacial score (nSPS) is 11.5.